The molecule has 1 N–H and O–H groups in total. The summed E-state index contributed by atoms with van der Waals surface area (Å²) in [6.45, 7) is 5.88. The zero-order chi connectivity index (χ0) is 15.1. The first-order chi connectivity index (χ1) is 8.77. The van der Waals surface area contributed by atoms with E-state index in [9.17, 15) is 9.36 Å². The van der Waals surface area contributed by atoms with Crippen molar-refractivity contribution in [3.63, 3.8) is 0 Å². The number of para-hydroxylation sites is 1. The van der Waals surface area contributed by atoms with Gasteiger partial charge in [0.15, 0.2) is 5.43 Å². The van der Waals surface area contributed by atoms with Crippen LogP contribution in [0.3, 0.4) is 0 Å². The fraction of sp³-hybridized carbons (Fsp3) is 0.250. The maximum absolute atomic E-state index is 11.4. The number of H-pyrrole nitrogens is 1. The molecule has 0 aliphatic rings. The molecule has 0 amide bonds. The van der Waals surface area contributed by atoms with E-state index in [1.54, 1.807) is 6.07 Å². The molecule has 1 aromatic carbocycles. The van der Waals surface area contributed by atoms with Gasteiger partial charge in [0.2, 0.25) is 0 Å². The lowest BCUT2D eigenvalue weighted by molar-refractivity contribution is 0.600. The van der Waals surface area contributed by atoms with Crippen molar-refractivity contribution in [3.05, 3.63) is 46.2 Å². The summed E-state index contributed by atoms with van der Waals surface area (Å²) in [4.78, 5) is 14.5. The normalized spacial score (nSPS) is 10.0. The van der Waals surface area contributed by atoms with Gasteiger partial charge in [-0.2, -0.15) is 0 Å². The second kappa shape index (κ2) is 8.65. The third-order valence-electron chi connectivity index (χ3n) is 1.87. The number of pyridine rings is 1. The Labute approximate surface area is 126 Å². The van der Waals surface area contributed by atoms with Crippen molar-refractivity contribution < 1.29 is 4.57 Å². The first-order valence-electron chi connectivity index (χ1n) is 5.55. The Kier molecular flexibility index (Phi) is 8.44. The van der Waals surface area contributed by atoms with Crippen molar-refractivity contribution in [1.29, 1.82) is 0 Å². The van der Waals surface area contributed by atoms with Gasteiger partial charge >= 0.3 is 5.20 Å². The molecule has 1 heterocycles. The van der Waals surface area contributed by atoms with Crippen LogP contribution in [0.2, 0.25) is 0 Å². The summed E-state index contributed by atoms with van der Waals surface area (Å²) >= 11 is 13.8. The topological polar surface area (TPSA) is 49.9 Å². The first kappa shape index (κ1) is 18.5. The van der Waals surface area contributed by atoms with Crippen LogP contribution in [0.25, 0.3) is 10.9 Å². The van der Waals surface area contributed by atoms with Crippen molar-refractivity contribution in [2.75, 3.05) is 0 Å². The van der Waals surface area contributed by atoms with Crippen LogP contribution in [0.15, 0.2) is 35.1 Å². The van der Waals surface area contributed by atoms with Gasteiger partial charge < -0.3 is 4.98 Å². The summed E-state index contributed by atoms with van der Waals surface area (Å²) < 4.78 is 9.51. The Hall–Kier alpha value is -0.470. The Morgan fingerprint density at radius 3 is 2.11 bits per heavy atom. The highest BCUT2D eigenvalue weighted by molar-refractivity contribution is 8.24. The van der Waals surface area contributed by atoms with Crippen molar-refractivity contribution >= 4 is 49.8 Å². The molecule has 0 radical (unpaired) electrons. The number of aromatic nitrogens is 1. The maximum Gasteiger partial charge on any atom is 0.339 e. The van der Waals surface area contributed by atoms with Crippen molar-refractivity contribution in [3.8, 4) is 0 Å². The predicted molar refractivity (Wildman–Crippen MR) is 85.8 cm³/mol. The number of aryl methyl sites for hydroxylation is 1. The molecule has 0 aliphatic carbocycles. The number of aromatic amines is 1. The van der Waals surface area contributed by atoms with Gasteiger partial charge in [-0.3, -0.25) is 9.36 Å². The lowest BCUT2D eigenvalue weighted by Crippen LogP contribution is -2.01. The average Bonchev–Trinajstić information content (AvgIpc) is 2.29. The van der Waals surface area contributed by atoms with Gasteiger partial charge in [-0.15, -0.1) is 0 Å². The molecule has 0 spiro atoms. The SMILES string of the molecule is CC.Cc1cc(=O)c2ccccc2[nH]1.O=P(Cl)(Cl)Cl. The van der Waals surface area contributed by atoms with Gasteiger partial charge in [0.1, 0.15) is 0 Å². The molecule has 3 nitrogen and oxygen atoms in total. The van der Waals surface area contributed by atoms with Crippen LogP contribution in [0.4, 0.5) is 0 Å². The van der Waals surface area contributed by atoms with E-state index in [0.717, 1.165) is 16.6 Å². The molecule has 106 valence electrons. The monoisotopic (exact) mass is 341 g/mol. The summed E-state index contributed by atoms with van der Waals surface area (Å²) in [6.07, 6.45) is 0. The quantitative estimate of drug-likeness (QED) is 0.627. The zero-order valence-corrected chi connectivity index (χ0v) is 13.9. The number of fused-ring (bicyclic) bond motifs is 1. The van der Waals surface area contributed by atoms with Gasteiger partial charge in [-0.05, 0) is 52.8 Å². The molecule has 0 fully saturated rings. The Morgan fingerprint density at radius 2 is 1.58 bits per heavy atom. The van der Waals surface area contributed by atoms with Crippen molar-refractivity contribution in [2.24, 2.45) is 0 Å². The highest BCUT2D eigenvalue weighted by Crippen LogP contribution is 2.61. The number of nitrogens with one attached hydrogen (secondary N) is 1. The molecule has 19 heavy (non-hydrogen) atoms. The van der Waals surface area contributed by atoms with Gasteiger partial charge in [0, 0.05) is 22.7 Å². The molecule has 7 heteroatoms. The molecule has 0 saturated carbocycles. The predicted octanol–water partition coefficient (Wildman–Crippen LogP) is 5.67. The standard InChI is InChI=1S/C10H9NO.C2H6.Cl3OP/c1-7-6-10(12)8-4-2-3-5-9(8)11-7;1-2;1-5(2,3)4/h2-6H,1H3,(H,11,12);1-2H3;. The van der Waals surface area contributed by atoms with E-state index >= 15 is 0 Å². The smallest absolute Gasteiger partial charge is 0.339 e. The lowest BCUT2D eigenvalue weighted by atomic mass is 10.2. The summed E-state index contributed by atoms with van der Waals surface area (Å²) in [6, 6.07) is 9.13. The summed E-state index contributed by atoms with van der Waals surface area (Å²) in [5.41, 5.74) is 1.89. The largest absolute Gasteiger partial charge is 0.358 e. The molecule has 2 rings (SSSR count). The summed E-state index contributed by atoms with van der Waals surface area (Å²) in [5.74, 6) is 0. The van der Waals surface area contributed by atoms with Gasteiger partial charge in [0.05, 0.1) is 0 Å². The van der Waals surface area contributed by atoms with Crippen LogP contribution in [0, 0.1) is 6.92 Å². The molecule has 2 aromatic rings. The van der Waals surface area contributed by atoms with Crippen LogP contribution >= 0.6 is 38.9 Å². The van der Waals surface area contributed by atoms with Gasteiger partial charge in [-0.1, -0.05) is 26.0 Å². The minimum atomic E-state index is -3.22. The van der Waals surface area contributed by atoms with Crippen molar-refractivity contribution in [2.45, 2.75) is 20.8 Å². The highest BCUT2D eigenvalue weighted by atomic mass is 36.0. The van der Waals surface area contributed by atoms with E-state index in [-0.39, 0.29) is 5.43 Å². The minimum Gasteiger partial charge on any atom is -0.358 e. The maximum atomic E-state index is 11.4. The molecule has 1 aromatic heterocycles. The van der Waals surface area contributed by atoms with E-state index in [4.69, 9.17) is 0 Å². The van der Waals surface area contributed by atoms with Crippen LogP contribution in [-0.4, -0.2) is 4.98 Å². The average molecular weight is 343 g/mol. The third-order valence-corrected chi connectivity index (χ3v) is 1.87. The summed E-state index contributed by atoms with van der Waals surface area (Å²) in [5, 5.41) is -2.47. The number of halogens is 3. The fourth-order valence-corrected chi connectivity index (χ4v) is 1.33. The van der Waals surface area contributed by atoms with E-state index in [1.165, 1.54) is 0 Å². The Balaban J connectivity index is 0.000000396. The number of benzene rings is 1. The van der Waals surface area contributed by atoms with Crippen LogP contribution in [0.5, 0.6) is 0 Å². The molecular weight excluding hydrogens is 327 g/mol. The third kappa shape index (κ3) is 8.33. The molecular formula is C12H15Cl3NO2P. The molecule has 0 atom stereocenters. The van der Waals surface area contributed by atoms with E-state index in [2.05, 4.69) is 38.7 Å². The second-order valence-corrected chi connectivity index (χ2v) is 9.90. The van der Waals surface area contributed by atoms with Gasteiger partial charge in [0.25, 0.3) is 0 Å². The Bertz CT molecular complexity index is 613. The van der Waals surface area contributed by atoms with Crippen LogP contribution < -0.4 is 5.43 Å². The molecule has 0 saturated heterocycles. The van der Waals surface area contributed by atoms with Gasteiger partial charge in [-0.25, -0.2) is 0 Å². The number of hydrogen-bond donors (Lipinski definition) is 1. The second-order valence-electron chi connectivity index (χ2n) is 3.26. The number of hydrogen-bond acceptors (Lipinski definition) is 2. The van der Waals surface area contributed by atoms with Crippen LogP contribution in [-0.2, 0) is 4.57 Å². The van der Waals surface area contributed by atoms with Crippen LogP contribution in [0.1, 0.15) is 19.5 Å². The molecule has 0 aliphatic heterocycles. The Morgan fingerprint density at radius 1 is 1.11 bits per heavy atom. The zero-order valence-electron chi connectivity index (χ0n) is 10.8. The molecule has 0 bridgehead atoms. The van der Waals surface area contributed by atoms with E-state index in [1.807, 2.05) is 45.0 Å². The summed E-state index contributed by atoms with van der Waals surface area (Å²) in [7, 11) is 0. The minimum absolute atomic E-state index is 0.0850. The van der Waals surface area contributed by atoms with E-state index < -0.39 is 5.20 Å². The highest BCUT2D eigenvalue weighted by Gasteiger charge is 2.03. The first-order valence-corrected chi connectivity index (χ1v) is 9.97. The number of rotatable bonds is 0. The van der Waals surface area contributed by atoms with E-state index in [0.29, 0.717) is 0 Å². The molecule has 0 unspecified atom stereocenters. The lowest BCUT2D eigenvalue weighted by Gasteiger charge is -1.97. The fourth-order valence-electron chi connectivity index (χ4n) is 1.33. The van der Waals surface area contributed by atoms with Crippen molar-refractivity contribution in [1.82, 2.24) is 4.98 Å².